The van der Waals surface area contributed by atoms with Crippen molar-refractivity contribution in [1.29, 1.82) is 4.78 Å². The molecule has 1 aromatic heterocycles. The van der Waals surface area contributed by atoms with Gasteiger partial charge >= 0.3 is 0 Å². The number of carbonyl (C=O) groups is 1. The zero-order valence-electron chi connectivity index (χ0n) is 21.3. The van der Waals surface area contributed by atoms with Crippen LogP contribution in [-0.2, 0) is 20.9 Å². The Balaban J connectivity index is 1.21. The van der Waals surface area contributed by atoms with Crippen molar-refractivity contribution in [2.75, 3.05) is 28.2 Å². The zero-order valence-corrected chi connectivity index (χ0v) is 22.2. The van der Waals surface area contributed by atoms with Crippen LogP contribution < -0.4 is 16.0 Å². The maximum Gasteiger partial charge on any atom is 0.235 e. The van der Waals surface area contributed by atoms with Gasteiger partial charge < -0.3 is 16.0 Å². The summed E-state index contributed by atoms with van der Waals surface area (Å²) in [6, 6.07) is 21.8. The number of anilines is 4. The number of nitrogens with one attached hydrogen (secondary N) is 4. The molecule has 1 fully saturated rings. The second-order valence-corrected chi connectivity index (χ2v) is 11.6. The molecule has 1 saturated carbocycles. The van der Waals surface area contributed by atoms with Gasteiger partial charge in [0.2, 0.25) is 11.9 Å². The fraction of sp³-hybridized carbons (Fsp3) is 0.233. The molecule has 4 aromatic rings. The summed E-state index contributed by atoms with van der Waals surface area (Å²) in [7, 11) is -0.547. The van der Waals surface area contributed by atoms with Gasteiger partial charge in [-0.1, -0.05) is 41.0 Å². The van der Waals surface area contributed by atoms with Crippen molar-refractivity contribution in [2.24, 2.45) is 0 Å². The lowest BCUT2D eigenvalue weighted by Crippen LogP contribution is -2.27. The molecule has 4 N–H and O–H groups in total. The summed E-state index contributed by atoms with van der Waals surface area (Å²) in [4.78, 5) is 23.5. The van der Waals surface area contributed by atoms with Gasteiger partial charge in [-0.2, -0.15) is 4.98 Å². The van der Waals surface area contributed by atoms with Crippen molar-refractivity contribution < 1.29 is 9.18 Å². The third-order valence-electron chi connectivity index (χ3n) is 7.27. The molecular formula is C30H29FN6OS. The van der Waals surface area contributed by atoms with E-state index in [4.69, 9.17) is 9.76 Å². The quantitative estimate of drug-likeness (QED) is 0.232. The Kier molecular flexibility index (Phi) is 6.83. The smallest absolute Gasteiger partial charge is 0.235 e. The lowest BCUT2D eigenvalue weighted by Gasteiger charge is -2.16. The highest BCUT2D eigenvalue weighted by Crippen LogP contribution is 2.49. The first-order valence-electron chi connectivity index (χ1n) is 13.1. The average molecular weight is 541 g/mol. The zero-order chi connectivity index (χ0) is 26.8. The van der Waals surface area contributed by atoms with Crippen molar-refractivity contribution in [2.45, 2.75) is 36.0 Å². The number of hydrogen-bond acceptors (Lipinski definition) is 6. The van der Waals surface area contributed by atoms with E-state index in [1.165, 1.54) is 12.1 Å². The first-order chi connectivity index (χ1) is 19.0. The minimum Gasteiger partial charge on any atom is -0.369 e. The maximum absolute atomic E-state index is 13.4. The minimum atomic E-state index is -0.582. The third kappa shape index (κ3) is 5.40. The maximum atomic E-state index is 13.4. The fourth-order valence-electron chi connectivity index (χ4n) is 4.86. The predicted molar refractivity (Wildman–Crippen MR) is 154 cm³/mol. The number of carbonyl (C=O) groups excluding carboxylic acids is 1. The molecule has 1 aliphatic heterocycles. The fourth-order valence-corrected chi connectivity index (χ4v) is 6.11. The summed E-state index contributed by atoms with van der Waals surface area (Å²) >= 11 is 0. The highest BCUT2D eigenvalue weighted by atomic mass is 32.2. The molecule has 3 aromatic carbocycles. The Hall–Kier alpha value is -4.11. The summed E-state index contributed by atoms with van der Waals surface area (Å²) in [5.41, 5.74) is 3.63. The Bertz CT molecular complexity index is 1540. The van der Waals surface area contributed by atoms with Crippen LogP contribution in [0.5, 0.6) is 0 Å². The van der Waals surface area contributed by atoms with Crippen LogP contribution >= 0.6 is 0 Å². The van der Waals surface area contributed by atoms with Gasteiger partial charge in [-0.25, -0.2) is 9.37 Å². The number of benzene rings is 3. The number of hydrogen-bond donors (Lipinski definition) is 4. The first-order valence-corrected chi connectivity index (χ1v) is 14.5. The van der Waals surface area contributed by atoms with Gasteiger partial charge in [0.05, 0.1) is 5.41 Å². The van der Waals surface area contributed by atoms with Crippen LogP contribution in [0, 0.1) is 10.6 Å². The summed E-state index contributed by atoms with van der Waals surface area (Å²) < 4.78 is 21.9. The molecule has 198 valence electrons. The molecule has 0 spiro atoms. The van der Waals surface area contributed by atoms with Gasteiger partial charge in [-0.05, 0) is 79.3 Å². The van der Waals surface area contributed by atoms with Crippen molar-refractivity contribution in [3.63, 3.8) is 0 Å². The molecule has 7 nitrogen and oxygen atoms in total. The lowest BCUT2D eigenvalue weighted by atomic mass is 9.95. The molecule has 6 rings (SSSR count). The molecule has 4 bridgehead atoms. The molecule has 1 aliphatic carbocycles. The average Bonchev–Trinajstić information content (AvgIpc) is 3.76. The van der Waals surface area contributed by atoms with Crippen molar-refractivity contribution >= 4 is 39.7 Å². The van der Waals surface area contributed by atoms with E-state index in [-0.39, 0.29) is 11.7 Å². The third-order valence-corrected chi connectivity index (χ3v) is 8.79. The van der Waals surface area contributed by atoms with Crippen LogP contribution in [0.1, 0.15) is 31.2 Å². The van der Waals surface area contributed by atoms with Crippen molar-refractivity contribution in [1.82, 2.24) is 9.97 Å². The number of nitrogens with zero attached hydrogens (tertiary/aromatic N) is 2. The van der Waals surface area contributed by atoms with E-state index in [9.17, 15) is 9.18 Å². The van der Waals surface area contributed by atoms with Crippen molar-refractivity contribution in [3.8, 4) is 11.1 Å². The van der Waals surface area contributed by atoms with Crippen LogP contribution in [-0.4, -0.2) is 28.2 Å². The number of aromatic nitrogens is 2. The highest BCUT2D eigenvalue weighted by Gasteiger charge is 2.51. The van der Waals surface area contributed by atoms with E-state index in [1.807, 2.05) is 48.5 Å². The SMILES string of the molecule is N=S1CCCCNc2nc(ncc2-c2ccc(NC(=O)C3(c4ccc(F)cc4)CC3)cc2)Nc2cccc1c2. The van der Waals surface area contributed by atoms with E-state index >= 15 is 0 Å². The normalized spacial score (nSPS) is 17.8. The van der Waals surface area contributed by atoms with E-state index in [1.54, 1.807) is 18.3 Å². The number of rotatable bonds is 4. The van der Waals surface area contributed by atoms with E-state index in [2.05, 4.69) is 20.9 Å². The molecule has 0 saturated heterocycles. The summed E-state index contributed by atoms with van der Waals surface area (Å²) in [6.07, 6.45) is 5.20. The summed E-state index contributed by atoms with van der Waals surface area (Å²) in [5, 5.41) is 9.78. The summed E-state index contributed by atoms with van der Waals surface area (Å²) in [6.45, 7) is 0.748. The Morgan fingerprint density at radius 2 is 1.82 bits per heavy atom. The standard InChI is InChI=1S/C30H29FN6OS/c31-22-10-8-21(9-11-22)30(14-15-30)28(38)35-23-12-6-20(7-13-23)26-19-34-29-36-24-4-3-5-25(18-24)39(32)17-2-1-16-33-27(26)37-29/h3-13,18-19,32H,1-2,14-17H2,(H,35,38)(H2,33,34,36,37). The van der Waals surface area contributed by atoms with Gasteiger partial charge in [0.1, 0.15) is 11.6 Å². The monoisotopic (exact) mass is 540 g/mol. The van der Waals surface area contributed by atoms with E-state index in [0.717, 1.165) is 71.1 Å². The largest absolute Gasteiger partial charge is 0.369 e. The van der Waals surface area contributed by atoms with E-state index in [0.29, 0.717) is 11.6 Å². The molecule has 0 radical (unpaired) electrons. The van der Waals surface area contributed by atoms with Crippen LogP contribution in [0.15, 0.2) is 83.9 Å². The lowest BCUT2D eigenvalue weighted by molar-refractivity contribution is -0.118. The second kappa shape index (κ2) is 10.6. The number of halogens is 1. The van der Waals surface area contributed by atoms with E-state index < -0.39 is 16.1 Å². The first kappa shape index (κ1) is 25.2. The van der Waals surface area contributed by atoms with Gasteiger partial charge in [0.25, 0.3) is 0 Å². The van der Waals surface area contributed by atoms with Gasteiger partial charge in [0, 0.05) is 40.3 Å². The Labute approximate surface area is 229 Å². The predicted octanol–water partition coefficient (Wildman–Crippen LogP) is 6.64. The Morgan fingerprint density at radius 1 is 1.03 bits per heavy atom. The van der Waals surface area contributed by atoms with Crippen LogP contribution in [0.25, 0.3) is 11.1 Å². The molecule has 2 aliphatic rings. The van der Waals surface area contributed by atoms with Crippen LogP contribution in [0.4, 0.5) is 27.5 Å². The molecule has 9 heteroatoms. The number of amides is 1. The highest BCUT2D eigenvalue weighted by molar-refractivity contribution is 7.86. The Morgan fingerprint density at radius 3 is 2.59 bits per heavy atom. The number of fused-ring (bicyclic) bond motifs is 4. The van der Waals surface area contributed by atoms with Crippen LogP contribution in [0.2, 0.25) is 0 Å². The molecule has 1 unspecified atom stereocenters. The molecule has 1 amide bonds. The molecule has 1 atom stereocenters. The van der Waals surface area contributed by atoms with Gasteiger partial charge in [-0.3, -0.25) is 9.57 Å². The second-order valence-electron chi connectivity index (χ2n) is 9.96. The molecule has 2 heterocycles. The topological polar surface area (TPSA) is 103 Å². The van der Waals surface area contributed by atoms with Crippen LogP contribution in [0.3, 0.4) is 0 Å². The minimum absolute atomic E-state index is 0.0695. The van der Waals surface area contributed by atoms with Gasteiger partial charge in [-0.15, -0.1) is 0 Å². The van der Waals surface area contributed by atoms with Crippen molar-refractivity contribution in [3.05, 3.63) is 90.4 Å². The summed E-state index contributed by atoms with van der Waals surface area (Å²) in [5.74, 6) is 1.68. The van der Waals surface area contributed by atoms with Gasteiger partial charge in [0.15, 0.2) is 0 Å². The molecular weight excluding hydrogens is 511 g/mol. The molecule has 39 heavy (non-hydrogen) atoms.